The van der Waals surface area contributed by atoms with E-state index in [1.807, 2.05) is 26.8 Å². The number of benzene rings is 1. The first-order valence-corrected chi connectivity index (χ1v) is 10.6. The third-order valence-corrected chi connectivity index (χ3v) is 5.79. The highest BCUT2D eigenvalue weighted by Crippen LogP contribution is 2.43. The lowest BCUT2D eigenvalue weighted by Gasteiger charge is -2.43. The van der Waals surface area contributed by atoms with Gasteiger partial charge in [-0.05, 0) is 37.6 Å². The van der Waals surface area contributed by atoms with Crippen LogP contribution in [0.4, 0.5) is 0 Å². The molecule has 7 heteroatoms. The maximum Gasteiger partial charge on any atom is 0.338 e. The van der Waals surface area contributed by atoms with E-state index >= 15 is 0 Å². The van der Waals surface area contributed by atoms with Crippen molar-refractivity contribution in [2.75, 3.05) is 12.9 Å². The van der Waals surface area contributed by atoms with Crippen molar-refractivity contribution in [2.45, 2.75) is 33.3 Å². The van der Waals surface area contributed by atoms with Crippen LogP contribution in [0.5, 0.6) is 0 Å². The molecule has 1 aliphatic carbocycles. The lowest BCUT2D eigenvalue weighted by molar-refractivity contribution is -0.00230. The zero-order valence-corrected chi connectivity index (χ0v) is 17.2. The summed E-state index contributed by atoms with van der Waals surface area (Å²) in [6, 6.07) is 6.94. The summed E-state index contributed by atoms with van der Waals surface area (Å²) in [7, 11) is -3.56. The molecule has 0 saturated heterocycles. The Morgan fingerprint density at radius 3 is 2.44 bits per heavy atom. The molecule has 25 heavy (non-hydrogen) atoms. The number of ether oxygens (including phenoxy) is 1. The van der Waals surface area contributed by atoms with Crippen LogP contribution in [0.15, 0.2) is 40.4 Å². The Morgan fingerprint density at radius 1 is 1.28 bits per heavy atom. The average Bonchev–Trinajstić information content (AvgIpc) is 2.49. The fraction of sp³-hybridized carbons (Fsp3) is 0.500. The van der Waals surface area contributed by atoms with Gasteiger partial charge in [0.05, 0.1) is 24.5 Å². The van der Waals surface area contributed by atoms with Crippen LogP contribution in [-0.2, 0) is 19.0 Å². The number of halogens is 1. The Kier molecular flexibility index (Phi) is 6.12. The van der Waals surface area contributed by atoms with Crippen molar-refractivity contribution in [1.29, 1.82) is 0 Å². The highest BCUT2D eigenvalue weighted by atomic mass is 79.9. The van der Waals surface area contributed by atoms with E-state index in [0.717, 1.165) is 16.3 Å². The predicted octanol–water partition coefficient (Wildman–Crippen LogP) is 3.94. The summed E-state index contributed by atoms with van der Waals surface area (Å²) < 4.78 is 34.7. The van der Waals surface area contributed by atoms with Crippen molar-refractivity contribution in [3.8, 4) is 0 Å². The molecule has 1 aromatic rings. The molecular weight excluding hydrogens is 408 g/mol. The zero-order chi connectivity index (χ0) is 18.8. The molecule has 2 atom stereocenters. The van der Waals surface area contributed by atoms with Crippen molar-refractivity contribution in [3.63, 3.8) is 0 Å². The molecule has 0 spiro atoms. The van der Waals surface area contributed by atoms with Gasteiger partial charge in [0.1, 0.15) is 0 Å². The molecule has 5 nitrogen and oxygen atoms in total. The molecule has 1 aliphatic rings. The maximum absolute atomic E-state index is 12.2. The topological polar surface area (TPSA) is 69.7 Å². The van der Waals surface area contributed by atoms with Gasteiger partial charge in [0.15, 0.2) is 0 Å². The van der Waals surface area contributed by atoms with Gasteiger partial charge in [0.2, 0.25) is 0 Å². The lowest BCUT2D eigenvalue weighted by atomic mass is 9.67. The molecule has 0 saturated carbocycles. The van der Waals surface area contributed by atoms with Gasteiger partial charge in [-0.2, -0.15) is 8.42 Å². The summed E-state index contributed by atoms with van der Waals surface area (Å²) in [5.74, 6) is -0.519. The predicted molar refractivity (Wildman–Crippen MR) is 99.8 cm³/mol. The summed E-state index contributed by atoms with van der Waals surface area (Å²) in [6.07, 6.45) is 3.04. The summed E-state index contributed by atoms with van der Waals surface area (Å²) in [6.45, 7) is 6.03. The smallest absolute Gasteiger partial charge is 0.338 e. The van der Waals surface area contributed by atoms with E-state index in [1.54, 1.807) is 24.3 Å². The second-order valence-corrected chi connectivity index (χ2v) is 9.47. The number of carbonyl (C=O) groups excluding carboxylic acids is 1. The van der Waals surface area contributed by atoms with Crippen LogP contribution in [-0.4, -0.2) is 33.4 Å². The fourth-order valence-electron chi connectivity index (χ4n) is 3.10. The molecule has 0 amide bonds. The van der Waals surface area contributed by atoms with Crippen LogP contribution in [0.25, 0.3) is 0 Å². The number of hydrogen-bond acceptors (Lipinski definition) is 5. The quantitative estimate of drug-likeness (QED) is 0.401. The van der Waals surface area contributed by atoms with Crippen molar-refractivity contribution in [1.82, 2.24) is 0 Å². The van der Waals surface area contributed by atoms with E-state index in [2.05, 4.69) is 15.9 Å². The first kappa shape index (κ1) is 20.1. The van der Waals surface area contributed by atoms with E-state index in [-0.39, 0.29) is 12.5 Å². The molecule has 0 unspecified atom stereocenters. The van der Waals surface area contributed by atoms with Crippen LogP contribution in [0.2, 0.25) is 0 Å². The van der Waals surface area contributed by atoms with E-state index in [4.69, 9.17) is 8.92 Å². The monoisotopic (exact) mass is 430 g/mol. The van der Waals surface area contributed by atoms with Gasteiger partial charge in [-0.15, -0.1) is 0 Å². The fourth-order valence-corrected chi connectivity index (χ4v) is 4.11. The molecule has 1 aromatic carbocycles. The van der Waals surface area contributed by atoms with Gasteiger partial charge in [0, 0.05) is 15.8 Å². The summed E-state index contributed by atoms with van der Waals surface area (Å²) >= 11 is 3.33. The van der Waals surface area contributed by atoms with Crippen molar-refractivity contribution in [2.24, 2.45) is 11.3 Å². The Bertz CT molecular complexity index is 765. The SMILES string of the molecule is CC1=CC[C@H](OS(C)(=O)=O)C(C)(C)[C@@H]1COC(=O)c1ccc(Br)cc1. The number of carbonyl (C=O) groups is 1. The Balaban J connectivity index is 2.11. The molecule has 0 radical (unpaired) electrons. The minimum atomic E-state index is -3.56. The standard InChI is InChI=1S/C18H23BrO5S/c1-12-5-10-16(24-25(4,21)22)18(2,3)15(12)11-23-17(20)13-6-8-14(19)9-7-13/h5-9,15-16H,10-11H2,1-4H3/t15-,16+/m1/s1. The van der Waals surface area contributed by atoms with Crippen molar-refractivity contribution in [3.05, 3.63) is 46.0 Å². The lowest BCUT2D eigenvalue weighted by Crippen LogP contribution is -2.44. The second kappa shape index (κ2) is 7.60. The molecule has 0 heterocycles. The third kappa shape index (κ3) is 5.15. The van der Waals surface area contributed by atoms with Gasteiger partial charge in [0.25, 0.3) is 10.1 Å². The molecule has 0 aliphatic heterocycles. The Morgan fingerprint density at radius 2 is 1.88 bits per heavy atom. The second-order valence-electron chi connectivity index (χ2n) is 6.95. The Labute approximate surface area is 157 Å². The summed E-state index contributed by atoms with van der Waals surface area (Å²) in [5.41, 5.74) is 1.06. The van der Waals surface area contributed by atoms with E-state index in [0.29, 0.717) is 12.0 Å². The van der Waals surface area contributed by atoms with Crippen LogP contribution in [0.3, 0.4) is 0 Å². The average molecular weight is 431 g/mol. The molecule has 0 aromatic heterocycles. The van der Waals surface area contributed by atoms with Crippen molar-refractivity contribution < 1.29 is 22.1 Å². The summed E-state index contributed by atoms with van der Waals surface area (Å²) in [5, 5.41) is 0. The van der Waals surface area contributed by atoms with Crippen molar-refractivity contribution >= 4 is 32.0 Å². The minimum Gasteiger partial charge on any atom is -0.461 e. The number of esters is 1. The van der Waals surface area contributed by atoms with E-state index in [9.17, 15) is 13.2 Å². The molecular formula is C18H23BrO5S. The van der Waals surface area contributed by atoms with E-state index in [1.165, 1.54) is 0 Å². The first-order chi connectivity index (χ1) is 11.5. The number of hydrogen-bond donors (Lipinski definition) is 0. The van der Waals surface area contributed by atoms with Crippen LogP contribution in [0.1, 0.15) is 37.6 Å². The van der Waals surface area contributed by atoms with Gasteiger partial charge in [-0.3, -0.25) is 4.18 Å². The molecule has 0 fully saturated rings. The minimum absolute atomic E-state index is 0.118. The van der Waals surface area contributed by atoms with Gasteiger partial charge in [-0.25, -0.2) is 4.79 Å². The Hall–Kier alpha value is -1.18. The summed E-state index contributed by atoms with van der Waals surface area (Å²) in [4.78, 5) is 12.2. The third-order valence-electron chi connectivity index (χ3n) is 4.68. The zero-order valence-electron chi connectivity index (χ0n) is 14.8. The highest BCUT2D eigenvalue weighted by Gasteiger charge is 2.43. The van der Waals surface area contributed by atoms with E-state index < -0.39 is 27.6 Å². The molecule has 0 N–H and O–H groups in total. The van der Waals surface area contributed by atoms with Gasteiger partial charge < -0.3 is 4.74 Å². The molecule has 2 rings (SSSR count). The largest absolute Gasteiger partial charge is 0.461 e. The number of rotatable bonds is 5. The molecule has 138 valence electrons. The first-order valence-electron chi connectivity index (χ1n) is 7.98. The van der Waals surface area contributed by atoms with Gasteiger partial charge >= 0.3 is 5.97 Å². The maximum atomic E-state index is 12.2. The highest BCUT2D eigenvalue weighted by molar-refractivity contribution is 9.10. The normalized spacial score (nSPS) is 23.0. The van der Waals surface area contributed by atoms with Crippen LogP contribution < -0.4 is 0 Å². The van der Waals surface area contributed by atoms with Crippen LogP contribution >= 0.6 is 15.9 Å². The molecule has 0 bridgehead atoms. The van der Waals surface area contributed by atoms with Crippen LogP contribution in [0, 0.1) is 11.3 Å². The van der Waals surface area contributed by atoms with Gasteiger partial charge in [-0.1, -0.05) is 41.4 Å².